The highest BCUT2D eigenvalue weighted by Gasteiger charge is 2.33. The van der Waals surface area contributed by atoms with Gasteiger partial charge in [-0.2, -0.15) is 0 Å². The summed E-state index contributed by atoms with van der Waals surface area (Å²) < 4.78 is 10.8. The van der Waals surface area contributed by atoms with Crippen molar-refractivity contribution in [3.63, 3.8) is 0 Å². The highest BCUT2D eigenvalue weighted by Crippen LogP contribution is 2.29. The zero-order chi connectivity index (χ0) is 21.8. The van der Waals surface area contributed by atoms with E-state index in [1.165, 1.54) is 24.1 Å². The zero-order valence-corrected chi connectivity index (χ0v) is 17.7. The molecule has 0 saturated carbocycles. The fourth-order valence-corrected chi connectivity index (χ4v) is 3.84. The number of carbonyl (C=O) groups excluding carboxylic acids is 3. The van der Waals surface area contributed by atoms with Crippen molar-refractivity contribution in [3.05, 3.63) is 22.7 Å². The molecule has 0 bridgehead atoms. The SMILES string of the molecule is COc1cc(N)c(Cl)cc1C(=O)N[C@@H]1CCN(CCN2C(=O)CNC2=O)C[C@@H]1OC. The summed E-state index contributed by atoms with van der Waals surface area (Å²) in [5.41, 5.74) is 6.41. The molecule has 164 valence electrons. The first kappa shape index (κ1) is 22.1. The van der Waals surface area contributed by atoms with Crippen molar-refractivity contribution in [2.24, 2.45) is 0 Å². The molecule has 2 saturated heterocycles. The number of carbonyl (C=O) groups is 3. The van der Waals surface area contributed by atoms with Crippen molar-refractivity contribution in [1.29, 1.82) is 0 Å². The molecule has 2 atom stereocenters. The van der Waals surface area contributed by atoms with E-state index in [1.54, 1.807) is 7.11 Å². The monoisotopic (exact) mass is 439 g/mol. The molecule has 3 rings (SSSR count). The van der Waals surface area contributed by atoms with E-state index in [-0.39, 0.29) is 41.6 Å². The number of nitrogens with one attached hydrogen (secondary N) is 2. The number of halogens is 1. The Hall–Kier alpha value is -2.56. The molecular formula is C19H26ClN5O5. The Kier molecular flexibility index (Phi) is 7.01. The standard InChI is InChI=1S/C19H26ClN5O5/c1-29-15-8-13(21)12(20)7-11(15)18(27)23-14-3-4-24(10-16(14)30-2)5-6-25-17(26)9-22-19(25)28/h7-8,14,16H,3-6,9-10,21H2,1-2H3,(H,22,28)(H,23,27)/t14-,16+/m1/s1. The predicted molar refractivity (Wildman–Crippen MR) is 111 cm³/mol. The van der Waals surface area contributed by atoms with Crippen molar-refractivity contribution in [3.8, 4) is 5.75 Å². The molecule has 1 aromatic rings. The van der Waals surface area contributed by atoms with Crippen LogP contribution >= 0.6 is 11.6 Å². The number of hydrogen-bond acceptors (Lipinski definition) is 7. The van der Waals surface area contributed by atoms with E-state index in [4.69, 9.17) is 26.8 Å². The molecular weight excluding hydrogens is 414 g/mol. The molecule has 2 aliphatic rings. The van der Waals surface area contributed by atoms with Crippen LogP contribution in [0.5, 0.6) is 5.75 Å². The van der Waals surface area contributed by atoms with Crippen LogP contribution in [-0.2, 0) is 9.53 Å². The number of nitrogens with zero attached hydrogens (tertiary/aromatic N) is 2. The first-order chi connectivity index (χ1) is 14.3. The average Bonchev–Trinajstić information content (AvgIpc) is 3.06. The van der Waals surface area contributed by atoms with Gasteiger partial charge in [0.15, 0.2) is 0 Å². The van der Waals surface area contributed by atoms with Gasteiger partial charge < -0.3 is 25.8 Å². The van der Waals surface area contributed by atoms with Gasteiger partial charge in [0.1, 0.15) is 5.75 Å². The lowest BCUT2D eigenvalue weighted by Gasteiger charge is -2.38. The van der Waals surface area contributed by atoms with Crippen molar-refractivity contribution in [2.75, 3.05) is 52.7 Å². The molecule has 2 heterocycles. The van der Waals surface area contributed by atoms with Crippen LogP contribution < -0.4 is 21.1 Å². The Morgan fingerprint density at radius 2 is 2.10 bits per heavy atom. The summed E-state index contributed by atoms with van der Waals surface area (Å²) in [5.74, 6) is -0.204. The van der Waals surface area contributed by atoms with Crippen LogP contribution in [0.4, 0.5) is 10.5 Å². The van der Waals surface area contributed by atoms with E-state index in [9.17, 15) is 14.4 Å². The summed E-state index contributed by atoms with van der Waals surface area (Å²) in [6.45, 7) is 2.16. The highest BCUT2D eigenvalue weighted by atomic mass is 35.5. The van der Waals surface area contributed by atoms with Gasteiger partial charge in [0.05, 0.1) is 42.1 Å². The lowest BCUT2D eigenvalue weighted by atomic mass is 10.0. The molecule has 0 radical (unpaired) electrons. The molecule has 10 nitrogen and oxygen atoms in total. The summed E-state index contributed by atoms with van der Waals surface area (Å²) in [7, 11) is 3.05. The number of anilines is 1. The number of rotatable bonds is 7. The Morgan fingerprint density at radius 3 is 2.73 bits per heavy atom. The van der Waals surface area contributed by atoms with Gasteiger partial charge in [-0.05, 0) is 12.5 Å². The molecule has 0 unspecified atom stereocenters. The number of imide groups is 1. The molecule has 30 heavy (non-hydrogen) atoms. The third-order valence-corrected chi connectivity index (χ3v) is 5.73. The summed E-state index contributed by atoms with van der Waals surface area (Å²) in [6.07, 6.45) is 0.399. The second-order valence-corrected chi connectivity index (χ2v) is 7.63. The van der Waals surface area contributed by atoms with Crippen molar-refractivity contribution >= 4 is 35.1 Å². The molecule has 0 aliphatic carbocycles. The van der Waals surface area contributed by atoms with Gasteiger partial charge in [0, 0.05) is 39.4 Å². The Bertz CT molecular complexity index is 820. The Balaban J connectivity index is 1.59. The summed E-state index contributed by atoms with van der Waals surface area (Å²) >= 11 is 6.07. The van der Waals surface area contributed by atoms with E-state index >= 15 is 0 Å². The van der Waals surface area contributed by atoms with E-state index in [0.717, 1.165) is 0 Å². The largest absolute Gasteiger partial charge is 0.496 e. The number of methoxy groups -OCH3 is 2. The second-order valence-electron chi connectivity index (χ2n) is 7.22. The lowest BCUT2D eigenvalue weighted by Crippen LogP contribution is -2.55. The number of hydrogen-bond donors (Lipinski definition) is 3. The van der Waals surface area contributed by atoms with Gasteiger partial charge in [-0.3, -0.25) is 19.4 Å². The van der Waals surface area contributed by atoms with E-state index < -0.39 is 0 Å². The highest BCUT2D eigenvalue weighted by molar-refractivity contribution is 6.33. The first-order valence-electron chi connectivity index (χ1n) is 9.61. The molecule has 0 spiro atoms. The predicted octanol–water partition coefficient (Wildman–Crippen LogP) is 0.302. The minimum Gasteiger partial charge on any atom is -0.496 e. The third-order valence-electron chi connectivity index (χ3n) is 5.40. The molecule has 4 N–H and O–H groups in total. The summed E-state index contributed by atoms with van der Waals surface area (Å²) in [5, 5.41) is 5.78. The number of urea groups is 1. The molecule has 2 fully saturated rings. The number of ether oxygens (including phenoxy) is 2. The van der Waals surface area contributed by atoms with Crippen LogP contribution in [0.15, 0.2) is 12.1 Å². The van der Waals surface area contributed by atoms with Crippen LogP contribution in [0.3, 0.4) is 0 Å². The van der Waals surface area contributed by atoms with Gasteiger partial charge in [-0.25, -0.2) is 4.79 Å². The van der Waals surface area contributed by atoms with Gasteiger partial charge in [0.2, 0.25) is 5.91 Å². The van der Waals surface area contributed by atoms with Gasteiger partial charge in [0.25, 0.3) is 5.91 Å². The lowest BCUT2D eigenvalue weighted by molar-refractivity contribution is -0.125. The van der Waals surface area contributed by atoms with Crippen LogP contribution in [0, 0.1) is 0 Å². The van der Waals surface area contributed by atoms with Crippen LogP contribution in [-0.4, -0.2) is 86.7 Å². The van der Waals surface area contributed by atoms with Crippen LogP contribution in [0.2, 0.25) is 5.02 Å². The number of nitrogen functional groups attached to an aromatic ring is 1. The van der Waals surface area contributed by atoms with E-state index in [0.29, 0.717) is 49.6 Å². The van der Waals surface area contributed by atoms with Gasteiger partial charge in [-0.1, -0.05) is 11.6 Å². The number of benzene rings is 1. The minimum atomic E-state index is -0.360. The maximum atomic E-state index is 12.8. The summed E-state index contributed by atoms with van der Waals surface area (Å²) in [4.78, 5) is 39.5. The number of nitrogens with two attached hydrogens (primary N) is 1. The molecule has 4 amide bonds. The third kappa shape index (κ3) is 4.77. The fraction of sp³-hybridized carbons (Fsp3) is 0.526. The number of likely N-dealkylation sites (tertiary alicyclic amines) is 1. The number of piperidine rings is 1. The van der Waals surface area contributed by atoms with Gasteiger partial charge in [-0.15, -0.1) is 0 Å². The molecule has 11 heteroatoms. The fourth-order valence-electron chi connectivity index (χ4n) is 3.67. The second kappa shape index (κ2) is 9.50. The van der Waals surface area contributed by atoms with Crippen molar-refractivity contribution in [1.82, 2.24) is 20.4 Å². The quantitative estimate of drug-likeness (QED) is 0.412. The van der Waals surface area contributed by atoms with Crippen molar-refractivity contribution < 1.29 is 23.9 Å². The Morgan fingerprint density at radius 1 is 1.33 bits per heavy atom. The first-order valence-corrected chi connectivity index (χ1v) is 9.99. The van der Waals surface area contributed by atoms with Gasteiger partial charge >= 0.3 is 6.03 Å². The van der Waals surface area contributed by atoms with Crippen LogP contribution in [0.1, 0.15) is 16.8 Å². The summed E-state index contributed by atoms with van der Waals surface area (Å²) in [6, 6.07) is 2.43. The smallest absolute Gasteiger partial charge is 0.324 e. The minimum absolute atomic E-state index is 0.0479. The Labute approximate surface area is 179 Å². The normalized spacial score (nSPS) is 22.2. The van der Waals surface area contributed by atoms with Crippen LogP contribution in [0.25, 0.3) is 0 Å². The molecule has 1 aromatic carbocycles. The number of amides is 4. The molecule has 2 aliphatic heterocycles. The maximum Gasteiger partial charge on any atom is 0.324 e. The van der Waals surface area contributed by atoms with Crippen molar-refractivity contribution in [2.45, 2.75) is 18.6 Å². The maximum absolute atomic E-state index is 12.8. The van der Waals surface area contributed by atoms with E-state index in [1.807, 2.05) is 0 Å². The topological polar surface area (TPSA) is 126 Å². The zero-order valence-electron chi connectivity index (χ0n) is 16.9. The average molecular weight is 440 g/mol. The van der Waals surface area contributed by atoms with E-state index in [2.05, 4.69) is 15.5 Å². The molecule has 0 aromatic heterocycles.